The molecule has 152 valence electrons. The van der Waals surface area contributed by atoms with E-state index in [9.17, 15) is 8.78 Å². The molecule has 3 aromatic rings. The molecule has 0 aliphatic heterocycles. The maximum atomic E-state index is 14.4. The van der Waals surface area contributed by atoms with Crippen LogP contribution in [0.1, 0.15) is 43.4 Å². The quantitative estimate of drug-likeness (QED) is 0.374. The van der Waals surface area contributed by atoms with Gasteiger partial charge in [-0.25, -0.2) is 4.39 Å². The van der Waals surface area contributed by atoms with E-state index in [0.717, 1.165) is 19.3 Å². The monoisotopic (exact) mass is 394 g/mol. The van der Waals surface area contributed by atoms with Gasteiger partial charge in [0.1, 0.15) is 0 Å². The van der Waals surface area contributed by atoms with Gasteiger partial charge in [0.15, 0.2) is 11.6 Å². The highest BCUT2D eigenvalue weighted by Crippen LogP contribution is 2.30. The predicted octanol–water partition coefficient (Wildman–Crippen LogP) is 7.16. The van der Waals surface area contributed by atoms with Crippen LogP contribution in [0.3, 0.4) is 0 Å². The molecule has 0 amide bonds. The molecule has 0 fully saturated rings. The van der Waals surface area contributed by atoms with Crippen LogP contribution in [0, 0.1) is 11.6 Å². The molecule has 0 atom stereocenters. The van der Waals surface area contributed by atoms with Gasteiger partial charge in [0, 0.05) is 5.56 Å². The van der Waals surface area contributed by atoms with Crippen molar-refractivity contribution in [3.63, 3.8) is 0 Å². The van der Waals surface area contributed by atoms with Gasteiger partial charge in [-0.05, 0) is 67.0 Å². The summed E-state index contributed by atoms with van der Waals surface area (Å²) >= 11 is 0. The third-order valence-corrected chi connectivity index (χ3v) is 5.16. The normalized spacial score (nSPS) is 10.9. The zero-order chi connectivity index (χ0) is 20.6. The van der Waals surface area contributed by atoms with Crippen molar-refractivity contribution in [1.82, 2.24) is 0 Å². The van der Waals surface area contributed by atoms with Crippen molar-refractivity contribution in [2.45, 2.75) is 46.0 Å². The minimum absolute atomic E-state index is 0.0499. The van der Waals surface area contributed by atoms with E-state index in [1.54, 1.807) is 13.0 Å². The van der Waals surface area contributed by atoms with Crippen LogP contribution < -0.4 is 4.74 Å². The highest BCUT2D eigenvalue weighted by atomic mass is 19.2. The van der Waals surface area contributed by atoms with E-state index in [2.05, 4.69) is 31.2 Å². The number of benzene rings is 3. The van der Waals surface area contributed by atoms with Gasteiger partial charge in [-0.3, -0.25) is 0 Å². The van der Waals surface area contributed by atoms with Crippen molar-refractivity contribution in [3.05, 3.63) is 89.0 Å². The second-order valence-electron chi connectivity index (χ2n) is 7.29. The molecule has 3 heteroatoms. The van der Waals surface area contributed by atoms with Gasteiger partial charge < -0.3 is 4.74 Å². The van der Waals surface area contributed by atoms with Gasteiger partial charge in [0.25, 0.3) is 0 Å². The van der Waals surface area contributed by atoms with Gasteiger partial charge in [0.2, 0.25) is 5.82 Å². The van der Waals surface area contributed by atoms with Crippen molar-refractivity contribution in [2.24, 2.45) is 0 Å². The van der Waals surface area contributed by atoms with Gasteiger partial charge >= 0.3 is 0 Å². The van der Waals surface area contributed by atoms with Gasteiger partial charge in [0.05, 0.1) is 6.61 Å². The Balaban J connectivity index is 1.64. The lowest BCUT2D eigenvalue weighted by atomic mass is 9.99. The Morgan fingerprint density at radius 2 is 1.21 bits per heavy atom. The minimum Gasteiger partial charge on any atom is -0.491 e. The highest BCUT2D eigenvalue weighted by Gasteiger charge is 2.15. The van der Waals surface area contributed by atoms with E-state index in [4.69, 9.17) is 4.74 Å². The lowest BCUT2D eigenvalue weighted by molar-refractivity contribution is 0.314. The Morgan fingerprint density at radius 1 is 0.655 bits per heavy atom. The highest BCUT2D eigenvalue weighted by molar-refractivity contribution is 5.65. The molecule has 3 rings (SSSR count). The maximum Gasteiger partial charge on any atom is 0.201 e. The molecule has 3 aromatic carbocycles. The fourth-order valence-electron chi connectivity index (χ4n) is 3.41. The van der Waals surface area contributed by atoms with Crippen molar-refractivity contribution in [3.8, 4) is 16.9 Å². The van der Waals surface area contributed by atoms with Gasteiger partial charge in [-0.2, -0.15) is 4.39 Å². The summed E-state index contributed by atoms with van der Waals surface area (Å²) in [7, 11) is 0. The second kappa shape index (κ2) is 10.2. The first kappa shape index (κ1) is 21.0. The molecule has 1 nitrogen and oxygen atoms in total. The number of ether oxygens (including phenoxy) is 1. The molecule has 0 saturated carbocycles. The van der Waals surface area contributed by atoms with Crippen LogP contribution in [-0.2, 0) is 19.3 Å². The van der Waals surface area contributed by atoms with E-state index < -0.39 is 11.6 Å². The SMILES string of the molecule is CCCCc1ccc(CCc2ccc(-c3ccc(OCC)c(F)c3F)cc2)cc1. The predicted molar refractivity (Wildman–Crippen MR) is 115 cm³/mol. The lowest BCUT2D eigenvalue weighted by Gasteiger charge is -2.10. The molecule has 0 unspecified atom stereocenters. The summed E-state index contributed by atoms with van der Waals surface area (Å²) < 4.78 is 33.6. The first-order valence-electron chi connectivity index (χ1n) is 10.4. The van der Waals surface area contributed by atoms with E-state index >= 15 is 0 Å². The number of unbranched alkanes of at least 4 members (excludes halogenated alkanes) is 1. The smallest absolute Gasteiger partial charge is 0.201 e. The summed E-state index contributed by atoms with van der Waals surface area (Å²) in [4.78, 5) is 0. The van der Waals surface area contributed by atoms with Crippen LogP contribution in [0.25, 0.3) is 11.1 Å². The molecule has 0 N–H and O–H groups in total. The average molecular weight is 395 g/mol. The first-order valence-corrected chi connectivity index (χ1v) is 10.4. The fourth-order valence-corrected chi connectivity index (χ4v) is 3.41. The molecule has 0 aliphatic rings. The third-order valence-electron chi connectivity index (χ3n) is 5.16. The fraction of sp³-hybridized carbons (Fsp3) is 0.308. The van der Waals surface area contributed by atoms with Crippen molar-refractivity contribution < 1.29 is 13.5 Å². The molecule has 29 heavy (non-hydrogen) atoms. The Morgan fingerprint density at radius 3 is 1.76 bits per heavy atom. The van der Waals surface area contributed by atoms with Crippen LogP contribution in [-0.4, -0.2) is 6.61 Å². The molecular formula is C26H28F2O. The molecule has 0 heterocycles. The molecule has 0 bridgehead atoms. The van der Waals surface area contributed by atoms with Crippen molar-refractivity contribution in [2.75, 3.05) is 6.61 Å². The summed E-state index contributed by atoms with van der Waals surface area (Å²) in [5.74, 6) is -1.85. The number of rotatable bonds is 9. The van der Waals surface area contributed by atoms with Crippen molar-refractivity contribution >= 4 is 0 Å². The van der Waals surface area contributed by atoms with Gasteiger partial charge in [-0.1, -0.05) is 61.9 Å². The van der Waals surface area contributed by atoms with Gasteiger partial charge in [-0.15, -0.1) is 0 Å². The molecule has 0 spiro atoms. The summed E-state index contributed by atoms with van der Waals surface area (Å²) in [6.07, 6.45) is 5.45. The number of aryl methyl sites for hydroxylation is 3. The molecule has 0 radical (unpaired) electrons. The topological polar surface area (TPSA) is 9.23 Å². The molecule has 0 aliphatic carbocycles. The number of hydrogen-bond acceptors (Lipinski definition) is 1. The van der Waals surface area contributed by atoms with Crippen LogP contribution in [0.15, 0.2) is 60.7 Å². The van der Waals surface area contributed by atoms with Crippen molar-refractivity contribution in [1.29, 1.82) is 0 Å². The van der Waals surface area contributed by atoms with E-state index in [0.29, 0.717) is 12.2 Å². The standard InChI is InChI=1S/C26H28F2O/c1-3-5-6-19-7-9-20(10-8-19)11-12-21-13-15-22(16-14-21)23-17-18-24(29-4-2)26(28)25(23)27/h7-10,13-18H,3-6,11-12H2,1-2H3. The van der Waals surface area contributed by atoms with E-state index in [1.807, 2.05) is 24.3 Å². The Bertz CT molecular complexity index is 915. The molecule has 0 saturated heterocycles. The van der Waals surface area contributed by atoms with E-state index in [-0.39, 0.29) is 11.3 Å². The third kappa shape index (κ3) is 5.44. The first-order chi connectivity index (χ1) is 14.1. The summed E-state index contributed by atoms with van der Waals surface area (Å²) in [6, 6.07) is 19.6. The van der Waals surface area contributed by atoms with Crippen LogP contribution >= 0.6 is 0 Å². The Hall–Kier alpha value is -2.68. The second-order valence-corrected chi connectivity index (χ2v) is 7.29. The molecular weight excluding hydrogens is 366 g/mol. The minimum atomic E-state index is -0.934. The largest absolute Gasteiger partial charge is 0.491 e. The average Bonchev–Trinajstić information content (AvgIpc) is 2.75. The van der Waals surface area contributed by atoms with Crippen LogP contribution in [0.4, 0.5) is 8.78 Å². The maximum absolute atomic E-state index is 14.4. The summed E-state index contributed by atoms with van der Waals surface area (Å²) in [6.45, 7) is 4.25. The lowest BCUT2D eigenvalue weighted by Crippen LogP contribution is -1.98. The Kier molecular flexibility index (Phi) is 7.40. The van der Waals surface area contributed by atoms with E-state index in [1.165, 1.54) is 35.6 Å². The van der Waals surface area contributed by atoms with Crippen LogP contribution in [0.2, 0.25) is 0 Å². The zero-order valence-electron chi connectivity index (χ0n) is 17.2. The number of hydrogen-bond donors (Lipinski definition) is 0. The summed E-state index contributed by atoms with van der Waals surface area (Å²) in [5, 5.41) is 0. The molecule has 0 aromatic heterocycles. The summed E-state index contributed by atoms with van der Waals surface area (Å²) in [5.41, 5.74) is 4.79. The number of halogens is 2. The Labute approximate surface area is 172 Å². The van der Waals surface area contributed by atoms with Crippen LogP contribution in [0.5, 0.6) is 5.75 Å². The zero-order valence-corrected chi connectivity index (χ0v) is 17.2.